The van der Waals surface area contributed by atoms with E-state index in [4.69, 9.17) is 4.74 Å². The molecule has 2 aromatic rings. The highest BCUT2D eigenvalue weighted by Gasteiger charge is 2.06. The van der Waals surface area contributed by atoms with Crippen molar-refractivity contribution in [1.82, 2.24) is 10.3 Å². The fraction of sp³-hybridized carbons (Fsp3) is 0.400. The van der Waals surface area contributed by atoms with E-state index in [9.17, 15) is 0 Å². The van der Waals surface area contributed by atoms with Crippen molar-refractivity contribution in [3.63, 3.8) is 0 Å². The molecular weight excluding hydrogens is 256 g/mol. The van der Waals surface area contributed by atoms with Crippen molar-refractivity contribution in [2.45, 2.75) is 32.9 Å². The highest BCUT2D eigenvalue weighted by Crippen LogP contribution is 2.19. The van der Waals surface area contributed by atoms with E-state index in [0.717, 1.165) is 18.7 Å². The Kier molecular flexibility index (Phi) is 4.93. The Balaban J connectivity index is 1.90. The van der Waals surface area contributed by atoms with Crippen LogP contribution in [0, 0.1) is 0 Å². The summed E-state index contributed by atoms with van der Waals surface area (Å²) < 4.78 is 5.17. The third kappa shape index (κ3) is 3.78. The van der Waals surface area contributed by atoms with E-state index < -0.39 is 0 Å². The van der Waals surface area contributed by atoms with Gasteiger partial charge >= 0.3 is 0 Å². The molecule has 102 valence electrons. The first-order chi connectivity index (χ1) is 9.22. The molecule has 19 heavy (non-hydrogen) atoms. The number of aryl methyl sites for hydroxylation is 1. The van der Waals surface area contributed by atoms with Gasteiger partial charge in [-0.25, -0.2) is 4.98 Å². The molecule has 1 N–H and O–H groups in total. The fourth-order valence-corrected chi connectivity index (χ4v) is 2.67. The Morgan fingerprint density at radius 3 is 2.63 bits per heavy atom. The SMILES string of the molecule is CCc1ncc(CNC(C)c2ccc(OC)cc2)s1. The lowest BCUT2D eigenvalue weighted by Gasteiger charge is -2.13. The van der Waals surface area contributed by atoms with Crippen LogP contribution in [0.1, 0.15) is 35.3 Å². The highest BCUT2D eigenvalue weighted by molar-refractivity contribution is 7.11. The zero-order valence-corrected chi connectivity index (χ0v) is 12.5. The second-order valence-corrected chi connectivity index (χ2v) is 5.65. The predicted molar refractivity (Wildman–Crippen MR) is 79.7 cm³/mol. The largest absolute Gasteiger partial charge is 0.497 e. The molecule has 0 fully saturated rings. The van der Waals surface area contributed by atoms with Gasteiger partial charge in [-0.05, 0) is 31.0 Å². The minimum absolute atomic E-state index is 0.318. The molecule has 0 radical (unpaired) electrons. The van der Waals surface area contributed by atoms with E-state index in [2.05, 4.69) is 36.3 Å². The Morgan fingerprint density at radius 1 is 1.32 bits per heavy atom. The minimum atomic E-state index is 0.318. The lowest BCUT2D eigenvalue weighted by molar-refractivity contribution is 0.414. The quantitative estimate of drug-likeness (QED) is 0.876. The van der Waals surface area contributed by atoms with E-state index in [1.54, 1.807) is 18.4 Å². The van der Waals surface area contributed by atoms with Crippen LogP contribution in [0.15, 0.2) is 30.5 Å². The molecule has 0 bridgehead atoms. The molecule has 1 aromatic heterocycles. The van der Waals surface area contributed by atoms with Crippen LogP contribution in [0.5, 0.6) is 5.75 Å². The molecule has 0 aliphatic rings. The second-order valence-electron chi connectivity index (χ2n) is 4.45. The van der Waals surface area contributed by atoms with E-state index in [1.807, 2.05) is 18.3 Å². The van der Waals surface area contributed by atoms with Crippen LogP contribution >= 0.6 is 11.3 Å². The highest BCUT2D eigenvalue weighted by atomic mass is 32.1. The number of aromatic nitrogens is 1. The number of methoxy groups -OCH3 is 1. The summed E-state index contributed by atoms with van der Waals surface area (Å²) in [6, 6.07) is 8.50. The van der Waals surface area contributed by atoms with Crippen molar-refractivity contribution in [2.24, 2.45) is 0 Å². The molecular formula is C15H20N2OS. The molecule has 1 heterocycles. The maximum absolute atomic E-state index is 5.17. The molecule has 0 aliphatic heterocycles. The fourth-order valence-electron chi connectivity index (χ4n) is 1.86. The molecule has 0 saturated carbocycles. The molecule has 0 spiro atoms. The summed E-state index contributed by atoms with van der Waals surface area (Å²) in [5.74, 6) is 0.894. The maximum Gasteiger partial charge on any atom is 0.118 e. The van der Waals surface area contributed by atoms with E-state index in [-0.39, 0.29) is 0 Å². The summed E-state index contributed by atoms with van der Waals surface area (Å²) in [4.78, 5) is 5.66. The number of hydrogen-bond donors (Lipinski definition) is 1. The topological polar surface area (TPSA) is 34.2 Å². The normalized spacial score (nSPS) is 12.4. The lowest BCUT2D eigenvalue weighted by atomic mass is 10.1. The number of hydrogen-bond acceptors (Lipinski definition) is 4. The first kappa shape index (κ1) is 14.0. The van der Waals surface area contributed by atoms with Crippen LogP contribution in [-0.4, -0.2) is 12.1 Å². The Bertz CT molecular complexity index is 507. The smallest absolute Gasteiger partial charge is 0.118 e. The van der Waals surface area contributed by atoms with Gasteiger partial charge in [0.15, 0.2) is 0 Å². The van der Waals surface area contributed by atoms with E-state index in [1.165, 1.54) is 15.4 Å². The van der Waals surface area contributed by atoms with Crippen LogP contribution in [0.4, 0.5) is 0 Å². The first-order valence-corrected chi connectivity index (χ1v) is 7.35. The van der Waals surface area contributed by atoms with Gasteiger partial charge in [0.2, 0.25) is 0 Å². The van der Waals surface area contributed by atoms with Crippen LogP contribution in [-0.2, 0) is 13.0 Å². The van der Waals surface area contributed by atoms with E-state index in [0.29, 0.717) is 6.04 Å². The van der Waals surface area contributed by atoms with Gasteiger partial charge in [0.05, 0.1) is 12.1 Å². The zero-order valence-electron chi connectivity index (χ0n) is 11.6. The number of rotatable bonds is 6. The van der Waals surface area contributed by atoms with Crippen molar-refractivity contribution in [3.8, 4) is 5.75 Å². The standard InChI is InChI=1S/C15H20N2OS/c1-4-15-17-10-14(19-15)9-16-11(2)12-5-7-13(18-3)8-6-12/h5-8,10-11,16H,4,9H2,1-3H3. The summed E-state index contributed by atoms with van der Waals surface area (Å²) in [6.45, 7) is 5.17. The molecule has 0 aliphatic carbocycles. The van der Waals surface area contributed by atoms with Gasteiger partial charge in [0, 0.05) is 23.7 Å². The number of ether oxygens (including phenoxy) is 1. The van der Waals surface area contributed by atoms with Crippen LogP contribution in [0.2, 0.25) is 0 Å². The number of nitrogens with zero attached hydrogens (tertiary/aromatic N) is 1. The third-order valence-electron chi connectivity index (χ3n) is 3.10. The monoisotopic (exact) mass is 276 g/mol. The van der Waals surface area contributed by atoms with Crippen LogP contribution in [0.3, 0.4) is 0 Å². The summed E-state index contributed by atoms with van der Waals surface area (Å²) in [5, 5.41) is 4.72. The summed E-state index contributed by atoms with van der Waals surface area (Å²) in [5.41, 5.74) is 1.26. The molecule has 1 aromatic carbocycles. The summed E-state index contributed by atoms with van der Waals surface area (Å²) >= 11 is 1.78. The summed E-state index contributed by atoms with van der Waals surface area (Å²) in [6.07, 6.45) is 2.98. The van der Waals surface area contributed by atoms with Crippen molar-refractivity contribution in [3.05, 3.63) is 45.9 Å². The molecule has 4 heteroatoms. The predicted octanol–water partition coefficient (Wildman–Crippen LogP) is 3.56. The van der Waals surface area contributed by atoms with E-state index >= 15 is 0 Å². The average Bonchev–Trinajstić information content (AvgIpc) is 2.93. The molecule has 3 nitrogen and oxygen atoms in total. The zero-order chi connectivity index (χ0) is 13.7. The van der Waals surface area contributed by atoms with Gasteiger partial charge in [0.25, 0.3) is 0 Å². The van der Waals surface area contributed by atoms with Crippen LogP contribution in [0.25, 0.3) is 0 Å². The first-order valence-electron chi connectivity index (χ1n) is 6.53. The number of benzene rings is 1. The molecule has 0 amide bonds. The number of nitrogens with one attached hydrogen (secondary N) is 1. The maximum atomic E-state index is 5.17. The van der Waals surface area contributed by atoms with Crippen molar-refractivity contribution < 1.29 is 4.74 Å². The summed E-state index contributed by atoms with van der Waals surface area (Å²) in [7, 11) is 1.69. The minimum Gasteiger partial charge on any atom is -0.497 e. The molecule has 2 rings (SSSR count). The van der Waals surface area contributed by atoms with Gasteiger partial charge < -0.3 is 10.1 Å². The third-order valence-corrected chi connectivity index (χ3v) is 4.24. The van der Waals surface area contributed by atoms with Crippen molar-refractivity contribution in [2.75, 3.05) is 7.11 Å². The molecule has 1 unspecified atom stereocenters. The van der Waals surface area contributed by atoms with Gasteiger partial charge in [-0.2, -0.15) is 0 Å². The van der Waals surface area contributed by atoms with Gasteiger partial charge in [-0.15, -0.1) is 11.3 Å². The van der Waals surface area contributed by atoms with Gasteiger partial charge in [-0.3, -0.25) is 0 Å². The Labute approximate surface area is 118 Å². The average molecular weight is 276 g/mol. The number of thiazole rings is 1. The Hall–Kier alpha value is -1.39. The van der Waals surface area contributed by atoms with Gasteiger partial charge in [-0.1, -0.05) is 19.1 Å². The van der Waals surface area contributed by atoms with Crippen LogP contribution < -0.4 is 10.1 Å². The molecule has 1 atom stereocenters. The van der Waals surface area contributed by atoms with Gasteiger partial charge in [0.1, 0.15) is 5.75 Å². The van der Waals surface area contributed by atoms with Crippen molar-refractivity contribution >= 4 is 11.3 Å². The Morgan fingerprint density at radius 2 is 2.05 bits per heavy atom. The van der Waals surface area contributed by atoms with Crippen molar-refractivity contribution in [1.29, 1.82) is 0 Å². The lowest BCUT2D eigenvalue weighted by Crippen LogP contribution is -2.17. The second kappa shape index (κ2) is 6.68. The molecule has 0 saturated heterocycles.